The van der Waals surface area contributed by atoms with E-state index >= 15 is 0 Å². The van der Waals surface area contributed by atoms with Crippen molar-refractivity contribution in [3.05, 3.63) is 59.3 Å². The van der Waals surface area contributed by atoms with Gasteiger partial charge in [-0.25, -0.2) is 4.98 Å². The predicted molar refractivity (Wildman–Crippen MR) is 116 cm³/mol. The second kappa shape index (κ2) is 12.2. The fourth-order valence-corrected chi connectivity index (χ4v) is 2.92. The molecule has 0 aliphatic carbocycles. The summed E-state index contributed by atoms with van der Waals surface area (Å²) in [6.45, 7) is 3.99. The lowest BCUT2D eigenvalue weighted by molar-refractivity contribution is -0.133. The largest absolute Gasteiger partial charge is 0.384 e. The molecular weight excluding hydrogens is 399 g/mol. The molecule has 1 heterocycles. The van der Waals surface area contributed by atoms with E-state index in [1.54, 1.807) is 19.2 Å². The van der Waals surface area contributed by atoms with Crippen molar-refractivity contribution in [2.45, 2.75) is 33.2 Å². The summed E-state index contributed by atoms with van der Waals surface area (Å²) in [6.07, 6.45) is 2.89. The normalized spacial score (nSPS) is 12.1. The molecule has 0 aliphatic heterocycles. The minimum absolute atomic E-state index is 0. The summed E-state index contributed by atoms with van der Waals surface area (Å²) in [6, 6.07) is 11.6. The van der Waals surface area contributed by atoms with E-state index in [9.17, 15) is 9.59 Å². The molecule has 1 unspecified atom stereocenters. The van der Waals surface area contributed by atoms with Crippen molar-refractivity contribution in [2.75, 3.05) is 5.73 Å². The van der Waals surface area contributed by atoms with Crippen LogP contribution in [-0.4, -0.2) is 16.8 Å². The number of nitrogen functional groups attached to an aromatic ring is 1. The third-order valence-electron chi connectivity index (χ3n) is 4.66. The van der Waals surface area contributed by atoms with Crippen LogP contribution < -0.4 is 16.8 Å². The van der Waals surface area contributed by atoms with Crippen LogP contribution in [0, 0.1) is 18.8 Å². The fourth-order valence-electron chi connectivity index (χ4n) is 2.92. The van der Waals surface area contributed by atoms with E-state index in [4.69, 9.17) is 11.5 Å². The Labute approximate surface area is 178 Å². The maximum atomic E-state index is 12.5. The molecule has 2 rings (SSSR count). The van der Waals surface area contributed by atoms with Gasteiger partial charge >= 0.3 is 0 Å². The number of hydrogen-bond acceptors (Lipinski definition) is 4. The minimum Gasteiger partial charge on any atom is -0.384 e. The SMILES string of the molecule is Cc1cc(N)ncc1CNC(=O)[C@@H](C)C(CCc1ccccc1)C(N)=O.Cl.Cl. The molecule has 2 aromatic rings. The smallest absolute Gasteiger partial charge is 0.223 e. The molecule has 1 aromatic heterocycles. The second-order valence-electron chi connectivity index (χ2n) is 6.58. The van der Waals surface area contributed by atoms with E-state index in [2.05, 4.69) is 10.3 Å². The van der Waals surface area contributed by atoms with Gasteiger partial charge in [0.25, 0.3) is 0 Å². The monoisotopic (exact) mass is 426 g/mol. The molecule has 0 bridgehead atoms. The molecule has 154 valence electrons. The molecule has 2 atom stereocenters. The number of amides is 2. The third kappa shape index (κ3) is 7.37. The molecule has 2 amide bonds. The Hall–Kier alpha value is -2.31. The Morgan fingerprint density at radius 3 is 2.39 bits per heavy atom. The van der Waals surface area contributed by atoms with Crippen LogP contribution in [0.3, 0.4) is 0 Å². The molecule has 0 spiro atoms. The Morgan fingerprint density at radius 2 is 1.82 bits per heavy atom. The van der Waals surface area contributed by atoms with Crippen molar-refractivity contribution in [2.24, 2.45) is 17.6 Å². The van der Waals surface area contributed by atoms with Crippen LogP contribution in [0.5, 0.6) is 0 Å². The average Bonchev–Trinajstić information content (AvgIpc) is 2.61. The topological polar surface area (TPSA) is 111 Å². The maximum Gasteiger partial charge on any atom is 0.223 e. The summed E-state index contributed by atoms with van der Waals surface area (Å²) in [7, 11) is 0. The fraction of sp³-hybridized carbons (Fsp3) is 0.350. The number of rotatable bonds is 8. The van der Waals surface area contributed by atoms with Crippen molar-refractivity contribution < 1.29 is 9.59 Å². The van der Waals surface area contributed by atoms with Gasteiger partial charge in [0.05, 0.1) is 0 Å². The Kier molecular flexibility index (Phi) is 11.2. The van der Waals surface area contributed by atoms with Crippen molar-refractivity contribution in [1.29, 1.82) is 0 Å². The predicted octanol–water partition coefficient (Wildman–Crippen LogP) is 2.80. The first-order chi connectivity index (χ1) is 12.4. The number of carbonyl (C=O) groups excluding carboxylic acids is 2. The summed E-state index contributed by atoms with van der Waals surface area (Å²) in [4.78, 5) is 28.4. The van der Waals surface area contributed by atoms with E-state index in [0.29, 0.717) is 25.2 Å². The molecule has 1 aromatic carbocycles. The standard InChI is InChI=1S/C20H26N4O2.2ClH/c1-13-10-18(21)23-11-16(13)12-24-20(26)14(2)17(19(22)25)9-8-15-6-4-3-5-7-15;;/h3-7,10-11,14,17H,8-9,12H2,1-2H3,(H2,21,23)(H2,22,25)(H,24,26);2*1H/t14-,17?;;/m0../s1. The first kappa shape index (κ1) is 25.7. The van der Waals surface area contributed by atoms with Gasteiger partial charge in [-0.2, -0.15) is 0 Å². The van der Waals surface area contributed by atoms with E-state index in [1.807, 2.05) is 37.3 Å². The Balaban J connectivity index is 0.00000364. The van der Waals surface area contributed by atoms with Gasteiger partial charge < -0.3 is 16.8 Å². The first-order valence-corrected chi connectivity index (χ1v) is 8.70. The van der Waals surface area contributed by atoms with Crippen molar-refractivity contribution >= 4 is 42.4 Å². The summed E-state index contributed by atoms with van der Waals surface area (Å²) >= 11 is 0. The minimum atomic E-state index is -0.513. The van der Waals surface area contributed by atoms with Gasteiger partial charge in [-0.1, -0.05) is 37.3 Å². The van der Waals surface area contributed by atoms with Crippen LogP contribution in [0.4, 0.5) is 5.82 Å². The molecule has 0 saturated carbocycles. The number of aryl methyl sites for hydroxylation is 2. The molecule has 28 heavy (non-hydrogen) atoms. The van der Waals surface area contributed by atoms with Crippen LogP contribution in [0.1, 0.15) is 30.0 Å². The molecule has 5 N–H and O–H groups in total. The Morgan fingerprint density at radius 1 is 1.18 bits per heavy atom. The Bertz CT molecular complexity index is 772. The van der Waals surface area contributed by atoms with E-state index < -0.39 is 17.7 Å². The lowest BCUT2D eigenvalue weighted by Gasteiger charge is -2.21. The highest BCUT2D eigenvalue weighted by atomic mass is 35.5. The number of nitrogens with one attached hydrogen (secondary N) is 1. The molecule has 0 aliphatic rings. The van der Waals surface area contributed by atoms with E-state index in [0.717, 1.165) is 16.7 Å². The molecule has 6 nitrogen and oxygen atoms in total. The lowest BCUT2D eigenvalue weighted by atomic mass is 9.87. The number of anilines is 1. The van der Waals surface area contributed by atoms with Crippen LogP contribution in [0.2, 0.25) is 0 Å². The molecule has 0 radical (unpaired) electrons. The summed E-state index contributed by atoms with van der Waals surface area (Å²) in [5.41, 5.74) is 14.1. The highest BCUT2D eigenvalue weighted by Gasteiger charge is 2.28. The van der Waals surface area contributed by atoms with Crippen molar-refractivity contribution in [3.8, 4) is 0 Å². The number of halogens is 2. The first-order valence-electron chi connectivity index (χ1n) is 8.70. The highest BCUT2D eigenvalue weighted by molar-refractivity contribution is 5.86. The van der Waals surface area contributed by atoms with Gasteiger partial charge in [-0.3, -0.25) is 9.59 Å². The van der Waals surface area contributed by atoms with Crippen LogP contribution in [-0.2, 0) is 22.6 Å². The molecular formula is C20H28Cl2N4O2. The van der Waals surface area contributed by atoms with Gasteiger partial charge in [0.1, 0.15) is 5.82 Å². The molecule has 0 saturated heterocycles. The zero-order chi connectivity index (χ0) is 19.1. The number of hydrogen-bond donors (Lipinski definition) is 3. The van der Waals surface area contributed by atoms with Gasteiger partial charge in [0, 0.05) is 24.6 Å². The lowest BCUT2D eigenvalue weighted by Crippen LogP contribution is -2.39. The van der Waals surface area contributed by atoms with Crippen molar-refractivity contribution in [3.63, 3.8) is 0 Å². The quantitative estimate of drug-likeness (QED) is 0.602. The number of primary amides is 1. The number of carbonyl (C=O) groups is 2. The molecule has 0 fully saturated rings. The number of nitrogens with two attached hydrogens (primary N) is 2. The van der Waals surface area contributed by atoms with E-state index in [1.165, 1.54) is 0 Å². The zero-order valence-electron chi connectivity index (χ0n) is 16.1. The number of pyridine rings is 1. The molecule has 8 heteroatoms. The van der Waals surface area contributed by atoms with Gasteiger partial charge in [-0.05, 0) is 42.5 Å². The summed E-state index contributed by atoms with van der Waals surface area (Å²) in [5.74, 6) is -1.22. The summed E-state index contributed by atoms with van der Waals surface area (Å²) < 4.78 is 0. The number of nitrogens with zero attached hydrogens (tertiary/aromatic N) is 1. The van der Waals surface area contributed by atoms with Crippen molar-refractivity contribution in [1.82, 2.24) is 10.3 Å². The second-order valence-corrected chi connectivity index (χ2v) is 6.58. The average molecular weight is 427 g/mol. The van der Waals surface area contributed by atoms with Gasteiger partial charge in [0.15, 0.2) is 0 Å². The van der Waals surface area contributed by atoms with E-state index in [-0.39, 0.29) is 30.7 Å². The number of aromatic nitrogens is 1. The van der Waals surface area contributed by atoms with Crippen LogP contribution in [0.25, 0.3) is 0 Å². The highest BCUT2D eigenvalue weighted by Crippen LogP contribution is 2.19. The van der Waals surface area contributed by atoms with Crippen LogP contribution in [0.15, 0.2) is 42.6 Å². The summed E-state index contributed by atoms with van der Waals surface area (Å²) in [5, 5.41) is 2.87. The van der Waals surface area contributed by atoms with Gasteiger partial charge in [0.2, 0.25) is 11.8 Å². The van der Waals surface area contributed by atoms with Crippen LogP contribution >= 0.6 is 24.8 Å². The van der Waals surface area contributed by atoms with Gasteiger partial charge in [-0.15, -0.1) is 24.8 Å². The maximum absolute atomic E-state index is 12.5. The zero-order valence-corrected chi connectivity index (χ0v) is 17.7. The number of benzene rings is 1. The third-order valence-corrected chi connectivity index (χ3v) is 4.66.